The first-order valence-corrected chi connectivity index (χ1v) is 11.4. The maximum atomic E-state index is 14.0. The lowest BCUT2D eigenvalue weighted by Crippen LogP contribution is -2.42. The molecule has 5 heterocycles. The number of piperidine rings is 1. The lowest BCUT2D eigenvalue weighted by atomic mass is 9.95. The SMILES string of the molecule is Cc1ncc([C@@H]2CCON2C(=O)C2CCN(c3nccc(-c4cc(N)nn4C)n3)CC2)cc1F. The van der Waals surface area contributed by atoms with Crippen molar-refractivity contribution in [2.24, 2.45) is 13.0 Å². The molecule has 0 saturated carbocycles. The fourth-order valence-corrected chi connectivity index (χ4v) is 4.57. The first kappa shape index (κ1) is 22.2. The number of pyridine rings is 1. The number of nitrogen functional groups attached to an aromatic ring is 1. The van der Waals surface area contributed by atoms with Crippen LogP contribution in [-0.4, -0.2) is 55.4 Å². The zero-order chi connectivity index (χ0) is 23.8. The summed E-state index contributed by atoms with van der Waals surface area (Å²) in [5.41, 5.74) is 8.35. The van der Waals surface area contributed by atoms with Gasteiger partial charge in [-0.15, -0.1) is 0 Å². The first-order chi connectivity index (χ1) is 16.4. The van der Waals surface area contributed by atoms with E-state index in [0.717, 1.165) is 11.4 Å². The van der Waals surface area contributed by atoms with Crippen molar-refractivity contribution in [2.75, 3.05) is 30.3 Å². The van der Waals surface area contributed by atoms with Crippen molar-refractivity contribution in [1.82, 2.24) is 29.8 Å². The minimum atomic E-state index is -0.374. The van der Waals surface area contributed by atoms with Gasteiger partial charge in [-0.2, -0.15) is 5.10 Å². The third-order valence-electron chi connectivity index (χ3n) is 6.48. The number of hydrogen-bond donors (Lipinski definition) is 1. The Hall–Kier alpha value is -3.60. The Morgan fingerprint density at radius 2 is 2.00 bits per heavy atom. The van der Waals surface area contributed by atoms with Gasteiger partial charge in [0.15, 0.2) is 0 Å². The molecule has 2 fully saturated rings. The number of amides is 1. The number of hydrogen-bond acceptors (Lipinski definition) is 8. The van der Waals surface area contributed by atoms with E-state index in [4.69, 9.17) is 15.6 Å². The summed E-state index contributed by atoms with van der Waals surface area (Å²) in [7, 11) is 1.82. The second kappa shape index (κ2) is 8.98. The predicted molar refractivity (Wildman–Crippen MR) is 123 cm³/mol. The van der Waals surface area contributed by atoms with Crippen LogP contribution in [0.1, 0.15) is 36.6 Å². The fourth-order valence-electron chi connectivity index (χ4n) is 4.57. The third kappa shape index (κ3) is 4.18. The molecule has 5 rings (SSSR count). The molecule has 3 aromatic heterocycles. The smallest absolute Gasteiger partial charge is 0.249 e. The van der Waals surface area contributed by atoms with Crippen molar-refractivity contribution in [3.05, 3.63) is 47.7 Å². The molecule has 34 heavy (non-hydrogen) atoms. The molecule has 0 radical (unpaired) electrons. The standard InChI is InChI=1S/C23H27FN8O2/c1-14-17(24)11-16(13-27-14)19-6-10-34-32(19)22(33)15-4-8-31(9-5-15)23-26-7-3-18(28-23)20-12-21(25)29-30(20)2/h3,7,11-13,15,19H,4-6,8-10H2,1-2H3,(H2,25,29)/t19-/m0/s1. The molecule has 2 saturated heterocycles. The predicted octanol–water partition coefficient (Wildman–Crippen LogP) is 2.42. The van der Waals surface area contributed by atoms with Gasteiger partial charge in [0.1, 0.15) is 11.6 Å². The van der Waals surface area contributed by atoms with Crippen LogP contribution < -0.4 is 10.6 Å². The highest BCUT2D eigenvalue weighted by Crippen LogP contribution is 2.34. The van der Waals surface area contributed by atoms with Gasteiger partial charge in [-0.25, -0.2) is 19.4 Å². The Bertz CT molecular complexity index is 1210. The average Bonchev–Trinajstić information content (AvgIpc) is 3.47. The maximum Gasteiger partial charge on any atom is 0.249 e. The van der Waals surface area contributed by atoms with E-state index in [2.05, 4.69) is 20.0 Å². The average molecular weight is 467 g/mol. The third-order valence-corrected chi connectivity index (χ3v) is 6.48. The lowest BCUT2D eigenvalue weighted by Gasteiger charge is -2.34. The summed E-state index contributed by atoms with van der Waals surface area (Å²) in [6, 6.07) is 4.73. The van der Waals surface area contributed by atoms with Crippen LogP contribution in [0.2, 0.25) is 0 Å². The largest absolute Gasteiger partial charge is 0.382 e. The Morgan fingerprint density at radius 3 is 2.71 bits per heavy atom. The molecule has 2 aliphatic rings. The van der Waals surface area contributed by atoms with E-state index >= 15 is 0 Å². The molecular formula is C23H27FN8O2. The highest BCUT2D eigenvalue weighted by molar-refractivity contribution is 5.79. The van der Waals surface area contributed by atoms with E-state index in [1.165, 1.54) is 11.1 Å². The van der Waals surface area contributed by atoms with Crippen LogP contribution in [0.5, 0.6) is 0 Å². The van der Waals surface area contributed by atoms with Crippen LogP contribution in [0.15, 0.2) is 30.6 Å². The molecule has 1 atom stereocenters. The second-order valence-electron chi connectivity index (χ2n) is 8.72. The van der Waals surface area contributed by atoms with Crippen molar-refractivity contribution < 1.29 is 14.0 Å². The zero-order valence-electron chi connectivity index (χ0n) is 19.2. The molecule has 3 aromatic rings. The van der Waals surface area contributed by atoms with Crippen molar-refractivity contribution in [3.63, 3.8) is 0 Å². The molecule has 0 bridgehead atoms. The number of halogens is 1. The number of carbonyl (C=O) groups is 1. The van der Waals surface area contributed by atoms with Gasteiger partial charge in [-0.1, -0.05) is 0 Å². The van der Waals surface area contributed by atoms with E-state index in [1.54, 1.807) is 30.1 Å². The quantitative estimate of drug-likeness (QED) is 0.623. The first-order valence-electron chi connectivity index (χ1n) is 11.4. The van der Waals surface area contributed by atoms with Gasteiger partial charge < -0.3 is 10.6 Å². The Labute approximate surface area is 196 Å². The van der Waals surface area contributed by atoms with Crippen LogP contribution in [0, 0.1) is 18.7 Å². The summed E-state index contributed by atoms with van der Waals surface area (Å²) in [5, 5.41) is 5.60. The molecule has 11 heteroatoms. The summed E-state index contributed by atoms with van der Waals surface area (Å²) in [4.78, 5) is 34.3. The molecule has 178 valence electrons. The lowest BCUT2D eigenvalue weighted by molar-refractivity contribution is -0.182. The van der Waals surface area contributed by atoms with E-state index in [0.29, 0.717) is 62.0 Å². The summed E-state index contributed by atoms with van der Waals surface area (Å²) >= 11 is 0. The second-order valence-corrected chi connectivity index (χ2v) is 8.72. The Balaban J connectivity index is 1.25. The Kier molecular flexibility index (Phi) is 5.86. The van der Waals surface area contributed by atoms with Crippen molar-refractivity contribution in [1.29, 1.82) is 0 Å². The minimum absolute atomic E-state index is 0.0665. The molecule has 0 aliphatic carbocycles. The number of anilines is 2. The van der Waals surface area contributed by atoms with Crippen LogP contribution in [0.25, 0.3) is 11.4 Å². The molecule has 0 aromatic carbocycles. The molecule has 10 nitrogen and oxygen atoms in total. The normalized spacial score (nSPS) is 19.1. The van der Waals surface area contributed by atoms with E-state index < -0.39 is 0 Å². The monoisotopic (exact) mass is 466 g/mol. The maximum absolute atomic E-state index is 14.0. The molecule has 0 spiro atoms. The molecule has 2 N–H and O–H groups in total. The van der Waals surface area contributed by atoms with Gasteiger partial charge in [0.25, 0.3) is 0 Å². The molecule has 0 unspecified atom stereocenters. The summed E-state index contributed by atoms with van der Waals surface area (Å²) < 4.78 is 15.7. The Morgan fingerprint density at radius 1 is 1.21 bits per heavy atom. The van der Waals surface area contributed by atoms with Crippen molar-refractivity contribution in [2.45, 2.75) is 32.2 Å². The van der Waals surface area contributed by atoms with Gasteiger partial charge >= 0.3 is 0 Å². The number of aromatic nitrogens is 5. The van der Waals surface area contributed by atoms with E-state index in [1.807, 2.05) is 13.1 Å². The highest BCUT2D eigenvalue weighted by Gasteiger charge is 2.37. The van der Waals surface area contributed by atoms with Crippen LogP contribution in [0.3, 0.4) is 0 Å². The van der Waals surface area contributed by atoms with Gasteiger partial charge in [0.2, 0.25) is 11.9 Å². The van der Waals surface area contributed by atoms with E-state index in [9.17, 15) is 9.18 Å². The topological polar surface area (TPSA) is 115 Å². The number of nitrogens with zero attached hydrogens (tertiary/aromatic N) is 7. The van der Waals surface area contributed by atoms with Gasteiger partial charge in [0, 0.05) is 50.9 Å². The number of hydroxylamine groups is 2. The molecule has 1 amide bonds. The summed E-state index contributed by atoms with van der Waals surface area (Å²) in [5.74, 6) is 0.424. The number of rotatable bonds is 4. The van der Waals surface area contributed by atoms with Crippen LogP contribution >= 0.6 is 0 Å². The number of nitrogens with two attached hydrogens (primary N) is 1. The molecule has 2 aliphatic heterocycles. The van der Waals surface area contributed by atoms with Gasteiger partial charge in [0.05, 0.1) is 29.7 Å². The molecular weight excluding hydrogens is 439 g/mol. The summed E-state index contributed by atoms with van der Waals surface area (Å²) in [6.07, 6.45) is 5.26. The fraction of sp³-hybridized carbons (Fsp3) is 0.435. The van der Waals surface area contributed by atoms with Crippen molar-refractivity contribution in [3.8, 4) is 11.4 Å². The van der Waals surface area contributed by atoms with Gasteiger partial charge in [-0.3, -0.25) is 19.3 Å². The summed E-state index contributed by atoms with van der Waals surface area (Å²) in [6.45, 7) is 3.33. The zero-order valence-corrected chi connectivity index (χ0v) is 19.2. The van der Waals surface area contributed by atoms with E-state index in [-0.39, 0.29) is 23.7 Å². The van der Waals surface area contributed by atoms with Crippen LogP contribution in [-0.2, 0) is 16.7 Å². The van der Waals surface area contributed by atoms with Crippen molar-refractivity contribution >= 4 is 17.7 Å². The van der Waals surface area contributed by atoms with Gasteiger partial charge in [-0.05, 0) is 37.5 Å². The highest BCUT2D eigenvalue weighted by atomic mass is 19.1. The van der Waals surface area contributed by atoms with Crippen LogP contribution in [0.4, 0.5) is 16.2 Å². The number of carbonyl (C=O) groups excluding carboxylic acids is 1. The minimum Gasteiger partial charge on any atom is -0.382 e. The number of aryl methyl sites for hydroxylation is 2.